The van der Waals surface area contributed by atoms with Gasteiger partial charge in [0.2, 0.25) is 0 Å². The van der Waals surface area contributed by atoms with E-state index in [4.69, 9.17) is 9.47 Å². The van der Waals surface area contributed by atoms with Gasteiger partial charge in [-0.1, -0.05) is 30.3 Å². The highest BCUT2D eigenvalue weighted by molar-refractivity contribution is 5.78. The fourth-order valence-electron chi connectivity index (χ4n) is 3.42. The number of hydrogen-bond donors (Lipinski definition) is 0. The van der Waals surface area contributed by atoms with Crippen LogP contribution in [0.3, 0.4) is 0 Å². The van der Waals surface area contributed by atoms with Gasteiger partial charge in [0.15, 0.2) is 11.6 Å². The molecule has 0 unspecified atom stereocenters. The van der Waals surface area contributed by atoms with Crippen LogP contribution in [0.5, 0.6) is 0 Å². The summed E-state index contributed by atoms with van der Waals surface area (Å²) in [5.41, 5.74) is 1.63. The van der Waals surface area contributed by atoms with E-state index in [2.05, 4.69) is 0 Å². The average molecular weight is 346 g/mol. The maximum absolute atomic E-state index is 13.6. The van der Waals surface area contributed by atoms with Crippen molar-refractivity contribution in [2.45, 2.75) is 19.3 Å². The van der Waals surface area contributed by atoms with Crippen LogP contribution in [0.1, 0.15) is 18.4 Å². The van der Waals surface area contributed by atoms with Gasteiger partial charge in [-0.25, -0.2) is 8.78 Å². The molecular formula is C20H20F2O3. The Labute approximate surface area is 145 Å². The zero-order valence-corrected chi connectivity index (χ0v) is 14.1. The molecule has 0 aromatic heterocycles. The Kier molecular flexibility index (Phi) is 5.13. The molecule has 1 aliphatic rings. The number of ether oxygens (including phenoxy) is 2. The maximum Gasteiger partial charge on any atom is 0.312 e. The molecule has 3 rings (SSSR count). The normalized spacial score (nSPS) is 16.4. The Bertz CT molecular complexity index is 767. The van der Waals surface area contributed by atoms with E-state index >= 15 is 0 Å². The molecule has 1 heterocycles. The second-order valence-corrected chi connectivity index (χ2v) is 6.35. The molecule has 2 aromatic rings. The van der Waals surface area contributed by atoms with E-state index < -0.39 is 17.0 Å². The summed E-state index contributed by atoms with van der Waals surface area (Å²) in [5.74, 6) is -2.02. The number of methoxy groups -OCH3 is 1. The number of esters is 1. The lowest BCUT2D eigenvalue weighted by molar-refractivity contribution is -0.158. The summed E-state index contributed by atoms with van der Waals surface area (Å²) in [6.45, 7) is 1.00. The fraction of sp³-hybridized carbons (Fsp3) is 0.350. The third kappa shape index (κ3) is 3.56. The van der Waals surface area contributed by atoms with E-state index in [-0.39, 0.29) is 5.97 Å². The van der Waals surface area contributed by atoms with Crippen molar-refractivity contribution < 1.29 is 23.0 Å². The topological polar surface area (TPSA) is 35.5 Å². The van der Waals surface area contributed by atoms with Gasteiger partial charge >= 0.3 is 5.97 Å². The number of rotatable bonds is 4. The van der Waals surface area contributed by atoms with Crippen LogP contribution < -0.4 is 0 Å². The molecule has 3 nitrogen and oxygen atoms in total. The first-order valence-corrected chi connectivity index (χ1v) is 8.25. The molecule has 1 saturated heterocycles. The van der Waals surface area contributed by atoms with Gasteiger partial charge in [-0.05, 0) is 48.1 Å². The van der Waals surface area contributed by atoms with Gasteiger partial charge in [-0.15, -0.1) is 0 Å². The van der Waals surface area contributed by atoms with Crippen molar-refractivity contribution in [2.24, 2.45) is 5.41 Å². The first-order chi connectivity index (χ1) is 12.1. The number of benzene rings is 2. The first kappa shape index (κ1) is 17.5. The maximum atomic E-state index is 13.6. The van der Waals surface area contributed by atoms with Crippen molar-refractivity contribution in [3.05, 3.63) is 59.7 Å². The quantitative estimate of drug-likeness (QED) is 0.781. The highest BCUT2D eigenvalue weighted by Gasteiger charge is 2.41. The number of carbonyl (C=O) groups is 1. The van der Waals surface area contributed by atoms with Gasteiger partial charge in [0.25, 0.3) is 0 Å². The van der Waals surface area contributed by atoms with Crippen LogP contribution in [-0.2, 0) is 20.7 Å². The van der Waals surface area contributed by atoms with Crippen molar-refractivity contribution in [3.63, 3.8) is 0 Å². The zero-order valence-electron chi connectivity index (χ0n) is 14.1. The molecule has 2 aromatic carbocycles. The van der Waals surface area contributed by atoms with E-state index in [1.165, 1.54) is 13.2 Å². The molecule has 0 atom stereocenters. The predicted octanol–water partition coefficient (Wildman–Crippen LogP) is 4.14. The van der Waals surface area contributed by atoms with Crippen molar-refractivity contribution >= 4 is 5.97 Å². The monoisotopic (exact) mass is 346 g/mol. The summed E-state index contributed by atoms with van der Waals surface area (Å²) < 4.78 is 37.3. The molecule has 0 bridgehead atoms. The zero-order chi connectivity index (χ0) is 17.9. The van der Waals surface area contributed by atoms with E-state index in [0.29, 0.717) is 38.0 Å². The van der Waals surface area contributed by atoms with Crippen LogP contribution in [0.25, 0.3) is 11.1 Å². The van der Waals surface area contributed by atoms with Crippen molar-refractivity contribution in [1.29, 1.82) is 0 Å². The lowest BCUT2D eigenvalue weighted by atomic mass is 9.74. The molecule has 0 N–H and O–H groups in total. The molecule has 5 heteroatoms. The molecule has 0 radical (unpaired) electrons. The Balaban J connectivity index is 1.99. The molecule has 0 aliphatic carbocycles. The molecule has 0 saturated carbocycles. The molecular weight excluding hydrogens is 326 g/mol. The van der Waals surface area contributed by atoms with E-state index in [9.17, 15) is 13.6 Å². The van der Waals surface area contributed by atoms with Crippen LogP contribution in [0.4, 0.5) is 8.78 Å². The van der Waals surface area contributed by atoms with Crippen LogP contribution in [0.15, 0.2) is 42.5 Å². The van der Waals surface area contributed by atoms with Gasteiger partial charge in [-0.2, -0.15) is 0 Å². The Hall–Kier alpha value is -2.27. The smallest absolute Gasteiger partial charge is 0.312 e. The summed E-state index contributed by atoms with van der Waals surface area (Å²) in [6.07, 6.45) is 1.62. The minimum absolute atomic E-state index is 0.254. The van der Waals surface area contributed by atoms with Crippen LogP contribution in [0.2, 0.25) is 0 Å². The SMILES string of the molecule is COC(=O)C1(Cc2ccccc2-c2ccc(F)c(F)c2)CCOCC1. The van der Waals surface area contributed by atoms with Crippen molar-refractivity contribution in [3.8, 4) is 11.1 Å². The minimum Gasteiger partial charge on any atom is -0.469 e. The second kappa shape index (κ2) is 7.31. The highest BCUT2D eigenvalue weighted by Crippen LogP contribution is 2.38. The number of carbonyl (C=O) groups excluding carboxylic acids is 1. The third-order valence-electron chi connectivity index (χ3n) is 4.85. The highest BCUT2D eigenvalue weighted by atomic mass is 19.2. The Morgan fingerprint density at radius 3 is 2.52 bits per heavy atom. The first-order valence-electron chi connectivity index (χ1n) is 8.25. The summed E-state index contributed by atoms with van der Waals surface area (Å²) >= 11 is 0. The standard InChI is InChI=1S/C20H20F2O3/c1-24-19(23)20(8-10-25-11-9-20)13-15-4-2-3-5-16(15)14-6-7-17(21)18(22)12-14/h2-7,12H,8-11,13H2,1H3. The fourth-order valence-corrected chi connectivity index (χ4v) is 3.42. The number of halogens is 2. The van der Waals surface area contributed by atoms with Crippen LogP contribution in [-0.4, -0.2) is 26.3 Å². The Morgan fingerprint density at radius 1 is 1.12 bits per heavy atom. The van der Waals surface area contributed by atoms with E-state index in [0.717, 1.165) is 17.2 Å². The molecule has 0 amide bonds. The largest absolute Gasteiger partial charge is 0.469 e. The molecule has 1 fully saturated rings. The van der Waals surface area contributed by atoms with Gasteiger partial charge in [0, 0.05) is 13.2 Å². The van der Waals surface area contributed by atoms with Gasteiger partial charge in [0.1, 0.15) is 0 Å². The van der Waals surface area contributed by atoms with E-state index in [1.807, 2.05) is 24.3 Å². The van der Waals surface area contributed by atoms with Crippen molar-refractivity contribution in [1.82, 2.24) is 0 Å². The summed E-state index contributed by atoms with van der Waals surface area (Å²) in [6, 6.07) is 11.3. The van der Waals surface area contributed by atoms with Gasteiger partial charge < -0.3 is 9.47 Å². The lowest BCUT2D eigenvalue weighted by Crippen LogP contribution is -2.40. The predicted molar refractivity (Wildman–Crippen MR) is 90.0 cm³/mol. The summed E-state index contributed by atoms with van der Waals surface area (Å²) in [4.78, 5) is 12.5. The Morgan fingerprint density at radius 2 is 1.84 bits per heavy atom. The minimum atomic E-state index is -0.888. The van der Waals surface area contributed by atoms with Crippen molar-refractivity contribution in [2.75, 3.05) is 20.3 Å². The molecule has 1 aliphatic heterocycles. The second-order valence-electron chi connectivity index (χ2n) is 6.35. The molecule has 25 heavy (non-hydrogen) atoms. The van der Waals surface area contributed by atoms with Crippen LogP contribution >= 0.6 is 0 Å². The number of hydrogen-bond acceptors (Lipinski definition) is 3. The summed E-state index contributed by atoms with van der Waals surface area (Å²) in [5, 5.41) is 0. The average Bonchev–Trinajstić information content (AvgIpc) is 2.64. The van der Waals surface area contributed by atoms with Gasteiger partial charge in [0.05, 0.1) is 12.5 Å². The van der Waals surface area contributed by atoms with Gasteiger partial charge in [-0.3, -0.25) is 4.79 Å². The third-order valence-corrected chi connectivity index (χ3v) is 4.85. The summed E-state index contributed by atoms with van der Waals surface area (Å²) in [7, 11) is 1.39. The van der Waals surface area contributed by atoms with Crippen LogP contribution in [0, 0.1) is 17.0 Å². The lowest BCUT2D eigenvalue weighted by Gasteiger charge is -2.35. The van der Waals surface area contributed by atoms with E-state index in [1.54, 1.807) is 6.07 Å². The molecule has 0 spiro atoms. The molecule has 132 valence electrons.